The van der Waals surface area contributed by atoms with Crippen molar-refractivity contribution < 1.29 is 14.2 Å². The molecular weight excluding hydrogens is 308 g/mol. The molecule has 6 nitrogen and oxygen atoms in total. The average Bonchev–Trinajstić information content (AvgIpc) is 2.58. The Morgan fingerprint density at radius 2 is 2.04 bits per heavy atom. The zero-order valence-corrected chi connectivity index (χ0v) is 14.0. The molecule has 0 atom stereocenters. The number of ether oxygens (including phenoxy) is 3. The van der Waals surface area contributed by atoms with Crippen LogP contribution in [0.5, 0.6) is 11.5 Å². The van der Waals surface area contributed by atoms with E-state index in [1.54, 1.807) is 38.3 Å². The van der Waals surface area contributed by atoms with Gasteiger partial charge in [0.2, 0.25) is 0 Å². The first-order chi connectivity index (χ1) is 11.6. The standard InChI is InChI=1S/C18H20N2O4/c1-4-23-8-9-24-17-13(6-5-7-16(17)22-3)14-10-12(2)20-18(21)15(14)11-19/h5-7,10H,4,8-9H2,1-3H3,(H,20,21). The number of rotatable bonds is 7. The van der Waals surface area contributed by atoms with E-state index in [0.717, 1.165) is 0 Å². The smallest absolute Gasteiger partial charge is 0.266 e. The number of aromatic nitrogens is 1. The Kier molecular flexibility index (Phi) is 5.99. The Bertz CT molecular complexity index is 806. The molecule has 0 saturated carbocycles. The molecule has 1 aromatic carbocycles. The number of benzene rings is 1. The molecule has 6 heteroatoms. The van der Waals surface area contributed by atoms with Crippen LogP contribution >= 0.6 is 0 Å². The molecule has 0 aliphatic rings. The maximum Gasteiger partial charge on any atom is 0.266 e. The summed E-state index contributed by atoms with van der Waals surface area (Å²) < 4.78 is 16.5. The largest absolute Gasteiger partial charge is 0.493 e. The van der Waals surface area contributed by atoms with Crippen LogP contribution in [0.25, 0.3) is 11.1 Å². The van der Waals surface area contributed by atoms with Crippen molar-refractivity contribution in [3.8, 4) is 28.7 Å². The van der Waals surface area contributed by atoms with E-state index in [1.165, 1.54) is 0 Å². The molecule has 1 N–H and O–H groups in total. The van der Waals surface area contributed by atoms with Gasteiger partial charge in [0.1, 0.15) is 18.2 Å². The molecule has 1 heterocycles. The van der Waals surface area contributed by atoms with Gasteiger partial charge in [-0.2, -0.15) is 5.26 Å². The van der Waals surface area contributed by atoms with Gasteiger partial charge in [-0.3, -0.25) is 4.79 Å². The number of nitrogens with zero attached hydrogens (tertiary/aromatic N) is 1. The number of hydrogen-bond donors (Lipinski definition) is 1. The van der Waals surface area contributed by atoms with E-state index in [4.69, 9.17) is 14.2 Å². The Morgan fingerprint density at radius 3 is 2.71 bits per heavy atom. The quantitative estimate of drug-likeness (QED) is 0.790. The summed E-state index contributed by atoms with van der Waals surface area (Å²) in [7, 11) is 1.54. The Balaban J connectivity index is 2.55. The molecule has 0 saturated heterocycles. The number of hydrogen-bond acceptors (Lipinski definition) is 5. The maximum atomic E-state index is 12.1. The molecule has 0 aliphatic heterocycles. The van der Waals surface area contributed by atoms with Crippen molar-refractivity contribution in [1.29, 1.82) is 5.26 Å². The molecule has 1 aromatic heterocycles. The zero-order valence-electron chi connectivity index (χ0n) is 14.0. The van der Waals surface area contributed by atoms with Gasteiger partial charge in [0.25, 0.3) is 5.56 Å². The highest BCUT2D eigenvalue weighted by Gasteiger charge is 2.17. The molecular formula is C18H20N2O4. The lowest BCUT2D eigenvalue weighted by atomic mass is 9.99. The van der Waals surface area contributed by atoms with Gasteiger partial charge in [-0.15, -0.1) is 0 Å². The van der Waals surface area contributed by atoms with Crippen LogP contribution in [0.3, 0.4) is 0 Å². The molecule has 0 radical (unpaired) electrons. The summed E-state index contributed by atoms with van der Waals surface area (Å²) in [5.41, 5.74) is 1.44. The van der Waals surface area contributed by atoms with Crippen molar-refractivity contribution in [2.45, 2.75) is 13.8 Å². The summed E-state index contributed by atoms with van der Waals surface area (Å²) >= 11 is 0. The van der Waals surface area contributed by atoms with E-state index < -0.39 is 5.56 Å². The SMILES string of the molecule is CCOCCOc1c(OC)cccc1-c1cc(C)[nH]c(=O)c1C#N. The minimum Gasteiger partial charge on any atom is -0.493 e. The van der Waals surface area contributed by atoms with E-state index in [2.05, 4.69) is 4.98 Å². The summed E-state index contributed by atoms with van der Waals surface area (Å²) in [6.45, 7) is 5.06. The Labute approximate surface area is 140 Å². The van der Waals surface area contributed by atoms with Crippen LogP contribution in [-0.2, 0) is 4.74 Å². The summed E-state index contributed by atoms with van der Waals surface area (Å²) in [6, 6.07) is 9.08. The summed E-state index contributed by atoms with van der Waals surface area (Å²) in [5.74, 6) is 1.02. The lowest BCUT2D eigenvalue weighted by Crippen LogP contribution is -2.13. The minimum absolute atomic E-state index is 0.0449. The van der Waals surface area contributed by atoms with Crippen LogP contribution in [0.4, 0.5) is 0 Å². The molecule has 0 bridgehead atoms. The molecule has 0 amide bonds. The van der Waals surface area contributed by atoms with Crippen LogP contribution in [0.15, 0.2) is 29.1 Å². The van der Waals surface area contributed by atoms with Crippen LogP contribution in [-0.4, -0.2) is 31.9 Å². The fraction of sp³-hybridized carbons (Fsp3) is 0.333. The van der Waals surface area contributed by atoms with E-state index in [1.807, 2.05) is 13.0 Å². The van der Waals surface area contributed by atoms with Gasteiger partial charge in [0, 0.05) is 23.4 Å². The highest BCUT2D eigenvalue weighted by atomic mass is 16.5. The monoisotopic (exact) mass is 328 g/mol. The third-order valence-corrected chi connectivity index (χ3v) is 3.45. The van der Waals surface area contributed by atoms with Gasteiger partial charge in [0.15, 0.2) is 11.5 Å². The first-order valence-electron chi connectivity index (χ1n) is 7.64. The van der Waals surface area contributed by atoms with Gasteiger partial charge in [0.05, 0.1) is 13.7 Å². The van der Waals surface area contributed by atoms with Crippen LogP contribution < -0.4 is 15.0 Å². The highest BCUT2D eigenvalue weighted by Crippen LogP contribution is 2.38. The van der Waals surface area contributed by atoms with Crippen LogP contribution in [0.2, 0.25) is 0 Å². The fourth-order valence-electron chi connectivity index (χ4n) is 2.40. The number of pyridine rings is 1. The highest BCUT2D eigenvalue weighted by molar-refractivity contribution is 5.78. The number of H-pyrrole nitrogens is 1. The number of para-hydroxylation sites is 1. The average molecular weight is 328 g/mol. The molecule has 0 spiro atoms. The van der Waals surface area contributed by atoms with E-state index >= 15 is 0 Å². The van der Waals surface area contributed by atoms with Crippen molar-refractivity contribution in [3.05, 3.63) is 45.9 Å². The van der Waals surface area contributed by atoms with Gasteiger partial charge >= 0.3 is 0 Å². The van der Waals surface area contributed by atoms with Crippen molar-refractivity contribution in [2.75, 3.05) is 26.9 Å². The van der Waals surface area contributed by atoms with E-state index in [0.29, 0.717) is 48.1 Å². The predicted molar refractivity (Wildman–Crippen MR) is 90.5 cm³/mol. The third-order valence-electron chi connectivity index (χ3n) is 3.45. The van der Waals surface area contributed by atoms with Crippen molar-refractivity contribution in [1.82, 2.24) is 4.98 Å². The molecule has 24 heavy (non-hydrogen) atoms. The van der Waals surface area contributed by atoms with Crippen LogP contribution in [0.1, 0.15) is 18.2 Å². The number of methoxy groups -OCH3 is 1. The molecule has 2 aromatic rings. The molecule has 2 rings (SSSR count). The number of aryl methyl sites for hydroxylation is 1. The second kappa shape index (κ2) is 8.18. The van der Waals surface area contributed by atoms with Gasteiger partial charge in [-0.1, -0.05) is 12.1 Å². The third kappa shape index (κ3) is 3.76. The molecule has 0 aliphatic carbocycles. The summed E-state index contributed by atoms with van der Waals surface area (Å²) in [5, 5.41) is 9.35. The Hall–Kier alpha value is -2.78. The lowest BCUT2D eigenvalue weighted by molar-refractivity contribution is 0.109. The lowest BCUT2D eigenvalue weighted by Gasteiger charge is -2.16. The first kappa shape index (κ1) is 17.6. The number of aromatic amines is 1. The van der Waals surface area contributed by atoms with E-state index in [9.17, 15) is 10.1 Å². The summed E-state index contributed by atoms with van der Waals surface area (Å²) in [6.07, 6.45) is 0. The zero-order chi connectivity index (χ0) is 17.5. The first-order valence-corrected chi connectivity index (χ1v) is 7.64. The normalized spacial score (nSPS) is 10.2. The van der Waals surface area contributed by atoms with E-state index in [-0.39, 0.29) is 5.56 Å². The fourth-order valence-corrected chi connectivity index (χ4v) is 2.40. The van der Waals surface area contributed by atoms with Crippen molar-refractivity contribution in [2.24, 2.45) is 0 Å². The van der Waals surface area contributed by atoms with Crippen molar-refractivity contribution >= 4 is 0 Å². The van der Waals surface area contributed by atoms with Crippen LogP contribution in [0, 0.1) is 18.3 Å². The van der Waals surface area contributed by atoms with Crippen molar-refractivity contribution in [3.63, 3.8) is 0 Å². The second-order valence-corrected chi connectivity index (χ2v) is 5.06. The number of nitriles is 1. The van der Waals surface area contributed by atoms with Gasteiger partial charge in [-0.05, 0) is 26.0 Å². The Morgan fingerprint density at radius 1 is 1.25 bits per heavy atom. The predicted octanol–water partition coefficient (Wildman–Crippen LogP) is 2.65. The van der Waals surface area contributed by atoms with Gasteiger partial charge < -0.3 is 19.2 Å². The molecule has 0 fully saturated rings. The molecule has 126 valence electrons. The summed E-state index contributed by atoms with van der Waals surface area (Å²) in [4.78, 5) is 14.7. The topological polar surface area (TPSA) is 84.3 Å². The number of nitrogens with one attached hydrogen (secondary N) is 1. The minimum atomic E-state index is -0.421. The maximum absolute atomic E-state index is 12.1. The van der Waals surface area contributed by atoms with Gasteiger partial charge in [-0.25, -0.2) is 0 Å². The molecule has 0 unspecified atom stereocenters. The second-order valence-electron chi connectivity index (χ2n) is 5.06.